The fourth-order valence-corrected chi connectivity index (χ4v) is 2.55. The summed E-state index contributed by atoms with van der Waals surface area (Å²) in [5.41, 5.74) is 4.56. The number of benzene rings is 2. The molecule has 20 heavy (non-hydrogen) atoms. The van der Waals surface area contributed by atoms with E-state index in [0.717, 1.165) is 23.1 Å². The quantitative estimate of drug-likeness (QED) is 0.743. The van der Waals surface area contributed by atoms with Crippen molar-refractivity contribution in [2.45, 2.75) is 13.0 Å². The largest absolute Gasteiger partial charge is 0.361 e. The Morgan fingerprint density at radius 3 is 2.80 bits per heavy atom. The molecular weight excluding hydrogens is 251 g/mol. The standard InChI is InChI=1S/C17H17FN2/c1-19-11-15-10-16(18)4-3-13(15)8-12-2-5-17-14(9-12)6-7-20-17/h2-7,9-10,19-20H,8,11H2,1H3. The lowest BCUT2D eigenvalue weighted by atomic mass is 9.99. The van der Waals surface area contributed by atoms with Crippen LogP contribution in [-0.2, 0) is 13.0 Å². The predicted octanol–water partition coefficient (Wildman–Crippen LogP) is 3.62. The number of nitrogens with one attached hydrogen (secondary N) is 2. The van der Waals surface area contributed by atoms with Gasteiger partial charge in [-0.1, -0.05) is 12.1 Å². The first-order valence-electron chi connectivity index (χ1n) is 6.74. The second-order valence-corrected chi connectivity index (χ2v) is 5.02. The van der Waals surface area contributed by atoms with E-state index in [-0.39, 0.29) is 5.82 Å². The van der Waals surface area contributed by atoms with Crippen LogP contribution in [0.1, 0.15) is 16.7 Å². The molecule has 2 aromatic carbocycles. The normalized spacial score (nSPS) is 11.1. The molecule has 102 valence electrons. The molecule has 3 aromatic rings. The lowest BCUT2D eigenvalue weighted by Gasteiger charge is -2.10. The monoisotopic (exact) mass is 268 g/mol. The summed E-state index contributed by atoms with van der Waals surface area (Å²) in [7, 11) is 1.88. The van der Waals surface area contributed by atoms with Gasteiger partial charge in [-0.15, -0.1) is 0 Å². The van der Waals surface area contributed by atoms with Gasteiger partial charge in [0.1, 0.15) is 5.82 Å². The summed E-state index contributed by atoms with van der Waals surface area (Å²) in [5, 5.41) is 4.30. The van der Waals surface area contributed by atoms with E-state index in [0.29, 0.717) is 6.54 Å². The van der Waals surface area contributed by atoms with E-state index in [1.807, 2.05) is 19.3 Å². The minimum atomic E-state index is -0.180. The first-order valence-corrected chi connectivity index (χ1v) is 6.74. The first kappa shape index (κ1) is 12.9. The van der Waals surface area contributed by atoms with Gasteiger partial charge >= 0.3 is 0 Å². The summed E-state index contributed by atoms with van der Waals surface area (Å²) >= 11 is 0. The Balaban J connectivity index is 1.93. The van der Waals surface area contributed by atoms with Crippen LogP contribution in [0, 0.1) is 5.82 Å². The van der Waals surface area contributed by atoms with Crippen molar-refractivity contribution in [3.05, 3.63) is 71.2 Å². The Bertz CT molecular complexity index is 731. The number of aromatic amines is 1. The molecule has 0 aliphatic carbocycles. The second kappa shape index (κ2) is 5.47. The van der Waals surface area contributed by atoms with Crippen LogP contribution in [0.3, 0.4) is 0 Å². The van der Waals surface area contributed by atoms with E-state index >= 15 is 0 Å². The topological polar surface area (TPSA) is 27.8 Å². The summed E-state index contributed by atoms with van der Waals surface area (Å²) in [6.07, 6.45) is 2.76. The van der Waals surface area contributed by atoms with Crippen LogP contribution in [0.2, 0.25) is 0 Å². The number of aromatic nitrogens is 1. The van der Waals surface area contributed by atoms with Crippen molar-refractivity contribution in [3.63, 3.8) is 0 Å². The maximum absolute atomic E-state index is 13.3. The second-order valence-electron chi connectivity index (χ2n) is 5.02. The SMILES string of the molecule is CNCc1cc(F)ccc1Cc1ccc2[nH]ccc2c1. The van der Waals surface area contributed by atoms with Gasteiger partial charge < -0.3 is 10.3 Å². The van der Waals surface area contributed by atoms with Crippen molar-refractivity contribution < 1.29 is 4.39 Å². The Morgan fingerprint density at radius 1 is 1.05 bits per heavy atom. The van der Waals surface area contributed by atoms with E-state index in [4.69, 9.17) is 0 Å². The lowest BCUT2D eigenvalue weighted by molar-refractivity contribution is 0.622. The molecule has 0 saturated carbocycles. The summed E-state index contributed by atoms with van der Waals surface area (Å²) in [6.45, 7) is 0.680. The van der Waals surface area contributed by atoms with Crippen molar-refractivity contribution in [3.8, 4) is 0 Å². The third-order valence-corrected chi connectivity index (χ3v) is 3.55. The van der Waals surface area contributed by atoms with Crippen LogP contribution in [0.4, 0.5) is 4.39 Å². The molecule has 1 aromatic heterocycles. The molecule has 1 heterocycles. The van der Waals surface area contributed by atoms with E-state index in [1.54, 1.807) is 6.07 Å². The van der Waals surface area contributed by atoms with Crippen molar-refractivity contribution >= 4 is 10.9 Å². The average Bonchev–Trinajstić information content (AvgIpc) is 2.89. The van der Waals surface area contributed by atoms with Crippen LogP contribution in [0.5, 0.6) is 0 Å². The number of hydrogen-bond acceptors (Lipinski definition) is 1. The molecule has 2 N–H and O–H groups in total. The number of H-pyrrole nitrogens is 1. The number of rotatable bonds is 4. The molecule has 0 radical (unpaired) electrons. The van der Waals surface area contributed by atoms with Crippen LogP contribution < -0.4 is 5.32 Å². The van der Waals surface area contributed by atoms with E-state index in [2.05, 4.69) is 34.6 Å². The number of fused-ring (bicyclic) bond motifs is 1. The maximum atomic E-state index is 13.3. The molecule has 3 heteroatoms. The smallest absolute Gasteiger partial charge is 0.123 e. The summed E-state index contributed by atoms with van der Waals surface area (Å²) in [5.74, 6) is -0.180. The molecule has 0 fully saturated rings. The molecule has 2 nitrogen and oxygen atoms in total. The highest BCUT2D eigenvalue weighted by molar-refractivity contribution is 5.80. The summed E-state index contributed by atoms with van der Waals surface area (Å²) < 4.78 is 13.3. The Kier molecular flexibility index (Phi) is 3.52. The van der Waals surface area contributed by atoms with Crippen LogP contribution >= 0.6 is 0 Å². The van der Waals surface area contributed by atoms with Gasteiger partial charge in [0.2, 0.25) is 0 Å². The van der Waals surface area contributed by atoms with E-state index < -0.39 is 0 Å². The minimum absolute atomic E-state index is 0.180. The molecular formula is C17H17FN2. The maximum Gasteiger partial charge on any atom is 0.123 e. The summed E-state index contributed by atoms with van der Waals surface area (Å²) in [6, 6.07) is 13.5. The molecule has 0 aliphatic heterocycles. The van der Waals surface area contributed by atoms with Gasteiger partial charge in [-0.25, -0.2) is 4.39 Å². The molecule has 0 atom stereocenters. The molecule has 0 aliphatic rings. The minimum Gasteiger partial charge on any atom is -0.361 e. The molecule has 0 spiro atoms. The zero-order valence-electron chi connectivity index (χ0n) is 11.4. The van der Waals surface area contributed by atoms with Crippen molar-refractivity contribution in [1.29, 1.82) is 0 Å². The van der Waals surface area contributed by atoms with Crippen LogP contribution in [0.25, 0.3) is 10.9 Å². The molecule has 0 unspecified atom stereocenters. The number of halogens is 1. The van der Waals surface area contributed by atoms with Gasteiger partial charge in [-0.3, -0.25) is 0 Å². The molecule has 0 bridgehead atoms. The van der Waals surface area contributed by atoms with Gasteiger partial charge in [-0.2, -0.15) is 0 Å². The van der Waals surface area contributed by atoms with Crippen molar-refractivity contribution in [2.24, 2.45) is 0 Å². The van der Waals surface area contributed by atoms with E-state index in [1.165, 1.54) is 17.0 Å². The Hall–Kier alpha value is -2.13. The zero-order chi connectivity index (χ0) is 13.9. The molecule has 3 rings (SSSR count). The van der Waals surface area contributed by atoms with E-state index in [9.17, 15) is 4.39 Å². The summed E-state index contributed by atoms with van der Waals surface area (Å²) in [4.78, 5) is 3.19. The fourth-order valence-electron chi connectivity index (χ4n) is 2.55. The Morgan fingerprint density at radius 2 is 1.95 bits per heavy atom. The van der Waals surface area contributed by atoms with Crippen LogP contribution in [-0.4, -0.2) is 12.0 Å². The van der Waals surface area contributed by atoms with Crippen molar-refractivity contribution in [2.75, 3.05) is 7.05 Å². The lowest BCUT2D eigenvalue weighted by Crippen LogP contribution is -2.08. The fraction of sp³-hybridized carbons (Fsp3) is 0.176. The third-order valence-electron chi connectivity index (χ3n) is 3.55. The predicted molar refractivity (Wildman–Crippen MR) is 80.3 cm³/mol. The van der Waals surface area contributed by atoms with Gasteiger partial charge in [0, 0.05) is 18.3 Å². The highest BCUT2D eigenvalue weighted by Crippen LogP contribution is 2.20. The van der Waals surface area contributed by atoms with Gasteiger partial charge in [-0.05, 0) is 65.9 Å². The molecule has 0 saturated heterocycles. The zero-order valence-corrected chi connectivity index (χ0v) is 11.4. The highest BCUT2D eigenvalue weighted by Gasteiger charge is 2.06. The third kappa shape index (κ3) is 2.58. The van der Waals surface area contributed by atoms with Gasteiger partial charge in [0.25, 0.3) is 0 Å². The van der Waals surface area contributed by atoms with Crippen LogP contribution in [0.15, 0.2) is 48.7 Å². The van der Waals surface area contributed by atoms with Gasteiger partial charge in [0.05, 0.1) is 0 Å². The first-order chi connectivity index (χ1) is 9.76. The Labute approximate surface area is 117 Å². The van der Waals surface area contributed by atoms with Gasteiger partial charge in [0.15, 0.2) is 0 Å². The molecule has 0 amide bonds. The average molecular weight is 268 g/mol. The highest BCUT2D eigenvalue weighted by atomic mass is 19.1. The van der Waals surface area contributed by atoms with Crippen molar-refractivity contribution in [1.82, 2.24) is 10.3 Å². The number of hydrogen-bond donors (Lipinski definition) is 2.